The van der Waals surface area contributed by atoms with Crippen LogP contribution in [0.25, 0.3) is 0 Å². The number of aromatic hydroxyl groups is 1. The lowest BCUT2D eigenvalue weighted by Crippen LogP contribution is -2.26. The van der Waals surface area contributed by atoms with Gasteiger partial charge in [-0.2, -0.15) is 5.10 Å². The van der Waals surface area contributed by atoms with Crippen LogP contribution in [0.4, 0.5) is 5.69 Å². The molecule has 0 atom stereocenters. The topological polar surface area (TPSA) is 73.7 Å². The third-order valence-electron chi connectivity index (χ3n) is 3.04. The van der Waals surface area contributed by atoms with E-state index >= 15 is 0 Å². The molecule has 0 unspecified atom stereocenters. The van der Waals surface area contributed by atoms with Gasteiger partial charge < -0.3 is 10.4 Å². The number of phenols is 1. The zero-order chi connectivity index (χ0) is 16.8. The van der Waals surface area contributed by atoms with Crippen molar-refractivity contribution in [2.45, 2.75) is 6.92 Å². The number of nitrogens with zero attached hydrogens (tertiary/aromatic N) is 1. The lowest BCUT2D eigenvalue weighted by molar-refractivity contribution is -0.119. The third kappa shape index (κ3) is 5.07. The molecule has 0 saturated carbocycles. The quantitative estimate of drug-likeness (QED) is 0.489. The summed E-state index contributed by atoms with van der Waals surface area (Å²) in [5, 5.41) is 16.6. The Balaban J connectivity index is 1.89. The lowest BCUT2D eigenvalue weighted by atomic mass is 10.2. The van der Waals surface area contributed by atoms with Crippen LogP contribution in [-0.4, -0.2) is 23.8 Å². The van der Waals surface area contributed by atoms with Gasteiger partial charge in [0.1, 0.15) is 5.75 Å². The van der Waals surface area contributed by atoms with E-state index in [2.05, 4.69) is 47.7 Å². The van der Waals surface area contributed by atoms with Gasteiger partial charge in [-0.15, -0.1) is 0 Å². The van der Waals surface area contributed by atoms with Gasteiger partial charge in [0, 0.05) is 15.7 Å². The van der Waals surface area contributed by atoms with E-state index in [9.17, 15) is 9.90 Å². The number of hydrazone groups is 1. The standard InChI is InChI=1S/C16H15Br2N3O2/c1-10-4-2-3-5-14(10)19-9-16(23)21-20-8-11-6-15(22)13(18)7-12(11)17/h2-8,19,22H,9H2,1H3,(H,21,23)/b20-8+. The fraction of sp³-hybridized carbons (Fsp3) is 0.125. The minimum atomic E-state index is -0.262. The maximum absolute atomic E-state index is 11.8. The third-order valence-corrected chi connectivity index (χ3v) is 4.37. The summed E-state index contributed by atoms with van der Waals surface area (Å²) >= 11 is 6.58. The SMILES string of the molecule is Cc1ccccc1NCC(=O)N/N=C/c1cc(O)c(Br)cc1Br. The average Bonchev–Trinajstić information content (AvgIpc) is 2.51. The van der Waals surface area contributed by atoms with Crippen molar-refractivity contribution in [3.8, 4) is 5.75 Å². The molecule has 0 aliphatic heterocycles. The van der Waals surface area contributed by atoms with E-state index in [-0.39, 0.29) is 18.2 Å². The van der Waals surface area contributed by atoms with Crippen LogP contribution in [0.5, 0.6) is 5.75 Å². The highest BCUT2D eigenvalue weighted by Gasteiger charge is 2.05. The molecule has 0 radical (unpaired) electrons. The first-order chi connectivity index (χ1) is 11.0. The Morgan fingerprint density at radius 2 is 2.00 bits per heavy atom. The number of hydrogen-bond donors (Lipinski definition) is 3. The molecule has 0 spiro atoms. The molecule has 2 aromatic rings. The Hall–Kier alpha value is -1.86. The van der Waals surface area contributed by atoms with Crippen molar-refractivity contribution in [1.29, 1.82) is 0 Å². The monoisotopic (exact) mass is 439 g/mol. The van der Waals surface area contributed by atoms with Gasteiger partial charge in [0.25, 0.3) is 5.91 Å². The summed E-state index contributed by atoms with van der Waals surface area (Å²) in [5.74, 6) is -0.163. The highest BCUT2D eigenvalue weighted by molar-refractivity contribution is 9.11. The molecule has 0 aliphatic carbocycles. The predicted octanol–water partition coefficient (Wildman–Crippen LogP) is 3.79. The highest BCUT2D eigenvalue weighted by atomic mass is 79.9. The number of anilines is 1. The summed E-state index contributed by atoms with van der Waals surface area (Å²) in [6, 6.07) is 11.0. The van der Waals surface area contributed by atoms with Gasteiger partial charge in [-0.1, -0.05) is 34.1 Å². The number of benzene rings is 2. The van der Waals surface area contributed by atoms with Crippen molar-refractivity contribution in [3.05, 3.63) is 56.5 Å². The number of hydrogen-bond acceptors (Lipinski definition) is 4. The highest BCUT2D eigenvalue weighted by Crippen LogP contribution is 2.29. The van der Waals surface area contributed by atoms with Gasteiger partial charge in [0.05, 0.1) is 17.2 Å². The number of amides is 1. The number of nitrogens with one attached hydrogen (secondary N) is 2. The van der Waals surface area contributed by atoms with Crippen LogP contribution < -0.4 is 10.7 Å². The number of halogens is 2. The Morgan fingerprint density at radius 3 is 2.74 bits per heavy atom. The van der Waals surface area contributed by atoms with Gasteiger partial charge in [-0.25, -0.2) is 5.43 Å². The molecule has 120 valence electrons. The molecular formula is C16H15Br2N3O2. The lowest BCUT2D eigenvalue weighted by Gasteiger charge is -2.08. The molecular weight excluding hydrogens is 426 g/mol. The van der Waals surface area contributed by atoms with E-state index in [1.165, 1.54) is 12.3 Å². The van der Waals surface area contributed by atoms with E-state index in [0.29, 0.717) is 10.0 Å². The van der Waals surface area contributed by atoms with Crippen LogP contribution in [0.15, 0.2) is 50.4 Å². The first kappa shape index (κ1) is 17.5. The van der Waals surface area contributed by atoms with E-state index < -0.39 is 0 Å². The number of aryl methyl sites for hydroxylation is 1. The maximum Gasteiger partial charge on any atom is 0.259 e. The number of carbonyl (C=O) groups is 1. The number of rotatable bonds is 5. The minimum Gasteiger partial charge on any atom is -0.507 e. The van der Waals surface area contributed by atoms with E-state index in [1.807, 2.05) is 31.2 Å². The fourth-order valence-corrected chi connectivity index (χ4v) is 2.91. The molecule has 5 nitrogen and oxygen atoms in total. The zero-order valence-corrected chi connectivity index (χ0v) is 15.5. The first-order valence-corrected chi connectivity index (χ1v) is 8.35. The van der Waals surface area contributed by atoms with E-state index in [1.54, 1.807) is 6.07 Å². The first-order valence-electron chi connectivity index (χ1n) is 6.77. The van der Waals surface area contributed by atoms with Crippen molar-refractivity contribution in [2.24, 2.45) is 5.10 Å². The van der Waals surface area contributed by atoms with Crippen LogP contribution in [0.2, 0.25) is 0 Å². The molecule has 0 aliphatic rings. The second-order valence-electron chi connectivity index (χ2n) is 4.79. The Morgan fingerprint density at radius 1 is 1.26 bits per heavy atom. The van der Waals surface area contributed by atoms with Gasteiger partial charge in [-0.3, -0.25) is 4.79 Å². The van der Waals surface area contributed by atoms with E-state index in [4.69, 9.17) is 0 Å². The molecule has 0 fully saturated rings. The molecule has 1 amide bonds. The number of phenolic OH excluding ortho intramolecular Hbond substituents is 1. The Bertz CT molecular complexity index is 748. The number of carbonyl (C=O) groups excluding carboxylic acids is 1. The molecule has 3 N–H and O–H groups in total. The molecule has 0 bridgehead atoms. The molecule has 23 heavy (non-hydrogen) atoms. The number of para-hydroxylation sites is 1. The van der Waals surface area contributed by atoms with Crippen LogP contribution in [0.1, 0.15) is 11.1 Å². The minimum absolute atomic E-state index is 0.0993. The molecule has 7 heteroatoms. The van der Waals surface area contributed by atoms with E-state index in [0.717, 1.165) is 15.7 Å². The second-order valence-corrected chi connectivity index (χ2v) is 6.50. The average molecular weight is 441 g/mol. The Kier molecular flexibility index (Phi) is 6.18. The van der Waals surface area contributed by atoms with Crippen molar-refractivity contribution >= 4 is 49.7 Å². The van der Waals surface area contributed by atoms with Gasteiger partial charge in [0.2, 0.25) is 0 Å². The predicted molar refractivity (Wildman–Crippen MR) is 98.9 cm³/mol. The molecule has 0 saturated heterocycles. The molecule has 2 rings (SSSR count). The second kappa shape index (κ2) is 8.12. The van der Waals surface area contributed by atoms with Gasteiger partial charge in [-0.05, 0) is 46.6 Å². The van der Waals surface area contributed by atoms with Crippen LogP contribution in [0.3, 0.4) is 0 Å². The Labute approximate surface area is 151 Å². The van der Waals surface area contributed by atoms with Gasteiger partial charge in [0.15, 0.2) is 0 Å². The van der Waals surface area contributed by atoms with Crippen LogP contribution in [0, 0.1) is 6.92 Å². The zero-order valence-electron chi connectivity index (χ0n) is 12.3. The summed E-state index contributed by atoms with van der Waals surface area (Å²) < 4.78 is 1.33. The molecule has 0 aromatic heterocycles. The summed E-state index contributed by atoms with van der Waals surface area (Å²) in [6.45, 7) is 2.09. The van der Waals surface area contributed by atoms with Crippen molar-refractivity contribution in [3.63, 3.8) is 0 Å². The fourth-order valence-electron chi connectivity index (χ4n) is 1.81. The normalized spacial score (nSPS) is 10.7. The van der Waals surface area contributed by atoms with Crippen LogP contribution >= 0.6 is 31.9 Å². The largest absolute Gasteiger partial charge is 0.507 e. The summed E-state index contributed by atoms with van der Waals surface area (Å²) in [7, 11) is 0. The van der Waals surface area contributed by atoms with Gasteiger partial charge >= 0.3 is 0 Å². The van der Waals surface area contributed by atoms with Crippen molar-refractivity contribution in [1.82, 2.24) is 5.43 Å². The summed E-state index contributed by atoms with van der Waals surface area (Å²) in [4.78, 5) is 11.8. The summed E-state index contributed by atoms with van der Waals surface area (Å²) in [6.07, 6.45) is 1.46. The smallest absolute Gasteiger partial charge is 0.259 e. The van der Waals surface area contributed by atoms with Crippen molar-refractivity contribution < 1.29 is 9.90 Å². The van der Waals surface area contributed by atoms with Crippen molar-refractivity contribution in [2.75, 3.05) is 11.9 Å². The maximum atomic E-state index is 11.8. The van der Waals surface area contributed by atoms with Crippen LogP contribution in [-0.2, 0) is 4.79 Å². The molecule has 0 heterocycles. The molecule has 2 aromatic carbocycles. The summed E-state index contributed by atoms with van der Waals surface area (Å²) in [5.41, 5.74) is 5.06.